The molecule has 1 aromatic rings. The van der Waals surface area contributed by atoms with Gasteiger partial charge in [-0.3, -0.25) is 4.79 Å². The van der Waals surface area contributed by atoms with Gasteiger partial charge in [-0.1, -0.05) is 0 Å². The number of oxazole rings is 1. The average molecular weight is 267 g/mol. The Hall–Kier alpha value is -2.05. The molecule has 1 atom stereocenters. The number of rotatable bonds is 4. The Labute approximate surface area is 110 Å². The van der Waals surface area contributed by atoms with Crippen LogP contribution in [-0.4, -0.2) is 36.1 Å². The highest BCUT2D eigenvalue weighted by molar-refractivity contribution is 5.87. The van der Waals surface area contributed by atoms with Crippen LogP contribution in [0.1, 0.15) is 36.7 Å². The number of amides is 1. The molecule has 0 aliphatic carbocycles. The molecule has 1 aliphatic rings. The Morgan fingerprint density at radius 1 is 1.58 bits per heavy atom. The molecule has 1 aromatic heterocycles. The summed E-state index contributed by atoms with van der Waals surface area (Å²) in [5.74, 6) is -0.944. The third-order valence-corrected chi connectivity index (χ3v) is 3.05. The minimum absolute atomic E-state index is 0.102. The van der Waals surface area contributed by atoms with Crippen LogP contribution in [0.5, 0.6) is 0 Å². The molecule has 1 unspecified atom stereocenters. The number of hydrogen-bond donors (Lipinski definition) is 1. The van der Waals surface area contributed by atoms with E-state index in [4.69, 9.17) is 14.9 Å². The standard InChI is InChI=1S/C12H17N3O4/c1-2-18-11(17)8-7-19-12(14-8)15-6-4-3-5-9(15)10(13)16/h7,9H,2-6H2,1H3,(H2,13,16). The van der Waals surface area contributed by atoms with Crippen molar-refractivity contribution in [2.24, 2.45) is 5.73 Å². The molecule has 1 fully saturated rings. The van der Waals surface area contributed by atoms with Gasteiger partial charge in [0.15, 0.2) is 5.69 Å². The normalized spacial score (nSPS) is 19.2. The largest absolute Gasteiger partial charge is 0.461 e. The zero-order chi connectivity index (χ0) is 13.8. The Morgan fingerprint density at radius 3 is 3.05 bits per heavy atom. The zero-order valence-electron chi connectivity index (χ0n) is 10.8. The molecule has 1 aliphatic heterocycles. The number of primary amides is 1. The van der Waals surface area contributed by atoms with Gasteiger partial charge in [0.05, 0.1) is 6.61 Å². The molecule has 2 heterocycles. The van der Waals surface area contributed by atoms with Gasteiger partial charge in [0.25, 0.3) is 6.01 Å². The first-order valence-corrected chi connectivity index (χ1v) is 6.32. The number of ether oxygens (including phenoxy) is 1. The van der Waals surface area contributed by atoms with Gasteiger partial charge in [-0.2, -0.15) is 4.98 Å². The molecule has 0 bridgehead atoms. The highest BCUT2D eigenvalue weighted by Crippen LogP contribution is 2.24. The van der Waals surface area contributed by atoms with Gasteiger partial charge in [0.2, 0.25) is 5.91 Å². The number of hydrogen-bond acceptors (Lipinski definition) is 6. The summed E-state index contributed by atoms with van der Waals surface area (Å²) in [6, 6.07) is -0.186. The minimum atomic E-state index is -0.537. The molecular formula is C12H17N3O4. The highest BCUT2D eigenvalue weighted by Gasteiger charge is 2.30. The van der Waals surface area contributed by atoms with E-state index in [1.165, 1.54) is 6.26 Å². The molecule has 104 valence electrons. The maximum absolute atomic E-state index is 11.5. The molecule has 1 saturated heterocycles. The van der Waals surface area contributed by atoms with E-state index in [-0.39, 0.29) is 18.3 Å². The molecule has 0 spiro atoms. The Balaban J connectivity index is 2.16. The van der Waals surface area contributed by atoms with Gasteiger partial charge in [-0.15, -0.1) is 0 Å². The van der Waals surface area contributed by atoms with E-state index in [0.717, 1.165) is 12.8 Å². The lowest BCUT2D eigenvalue weighted by Crippen LogP contribution is -2.48. The number of piperidine rings is 1. The molecule has 0 radical (unpaired) electrons. The van der Waals surface area contributed by atoms with Crippen molar-refractivity contribution >= 4 is 17.9 Å². The lowest BCUT2D eigenvalue weighted by atomic mass is 10.0. The van der Waals surface area contributed by atoms with E-state index in [1.807, 2.05) is 0 Å². The van der Waals surface area contributed by atoms with Crippen molar-refractivity contribution in [2.45, 2.75) is 32.2 Å². The summed E-state index contributed by atoms with van der Waals surface area (Å²) >= 11 is 0. The van der Waals surface area contributed by atoms with Gasteiger partial charge < -0.3 is 19.8 Å². The topological polar surface area (TPSA) is 98.7 Å². The Morgan fingerprint density at radius 2 is 2.37 bits per heavy atom. The van der Waals surface area contributed by atoms with Gasteiger partial charge in [-0.25, -0.2) is 4.79 Å². The molecule has 0 saturated carbocycles. The van der Waals surface area contributed by atoms with Crippen LogP contribution < -0.4 is 10.6 Å². The van der Waals surface area contributed by atoms with Crippen LogP contribution in [0.15, 0.2) is 10.7 Å². The molecule has 1 amide bonds. The van der Waals surface area contributed by atoms with Crippen molar-refractivity contribution in [2.75, 3.05) is 18.1 Å². The van der Waals surface area contributed by atoms with Crippen LogP contribution in [0.25, 0.3) is 0 Å². The second kappa shape index (κ2) is 5.73. The Bertz CT molecular complexity index is 471. The molecule has 19 heavy (non-hydrogen) atoms. The summed E-state index contributed by atoms with van der Waals surface area (Å²) in [7, 11) is 0. The molecule has 0 aromatic carbocycles. The van der Waals surface area contributed by atoms with Crippen LogP contribution in [0, 0.1) is 0 Å². The monoisotopic (exact) mass is 267 g/mol. The molecular weight excluding hydrogens is 250 g/mol. The van der Waals surface area contributed by atoms with Crippen molar-refractivity contribution in [1.82, 2.24) is 4.98 Å². The van der Waals surface area contributed by atoms with Crippen LogP contribution >= 0.6 is 0 Å². The summed E-state index contributed by atoms with van der Waals surface area (Å²) in [6.45, 7) is 2.62. The van der Waals surface area contributed by atoms with E-state index in [0.29, 0.717) is 13.0 Å². The van der Waals surface area contributed by atoms with Crippen LogP contribution in [-0.2, 0) is 9.53 Å². The first kappa shape index (κ1) is 13.4. The number of nitrogens with zero attached hydrogens (tertiary/aromatic N) is 2. The minimum Gasteiger partial charge on any atom is -0.461 e. The maximum Gasteiger partial charge on any atom is 0.360 e. The predicted octanol–water partition coefficient (Wildman–Crippen LogP) is 0.695. The van der Waals surface area contributed by atoms with Crippen LogP contribution in [0.4, 0.5) is 6.01 Å². The van der Waals surface area contributed by atoms with Gasteiger partial charge in [-0.05, 0) is 26.2 Å². The summed E-state index contributed by atoms with van der Waals surface area (Å²) in [6.07, 6.45) is 3.78. The van der Waals surface area contributed by atoms with Crippen LogP contribution in [0.3, 0.4) is 0 Å². The van der Waals surface area contributed by atoms with E-state index < -0.39 is 17.9 Å². The first-order chi connectivity index (χ1) is 9.13. The third-order valence-electron chi connectivity index (χ3n) is 3.05. The zero-order valence-corrected chi connectivity index (χ0v) is 10.8. The molecule has 7 heteroatoms. The average Bonchev–Trinajstić information content (AvgIpc) is 2.88. The second-order valence-electron chi connectivity index (χ2n) is 4.34. The summed E-state index contributed by atoms with van der Waals surface area (Å²) in [4.78, 5) is 28.7. The van der Waals surface area contributed by atoms with Crippen molar-refractivity contribution < 1.29 is 18.7 Å². The first-order valence-electron chi connectivity index (χ1n) is 6.32. The number of esters is 1. The lowest BCUT2D eigenvalue weighted by Gasteiger charge is -2.32. The van der Waals surface area contributed by atoms with E-state index in [2.05, 4.69) is 4.98 Å². The van der Waals surface area contributed by atoms with E-state index in [9.17, 15) is 9.59 Å². The van der Waals surface area contributed by atoms with Gasteiger partial charge in [0, 0.05) is 6.54 Å². The van der Waals surface area contributed by atoms with E-state index >= 15 is 0 Å². The van der Waals surface area contributed by atoms with E-state index in [1.54, 1.807) is 11.8 Å². The number of anilines is 1. The van der Waals surface area contributed by atoms with Crippen molar-refractivity contribution in [3.63, 3.8) is 0 Å². The fourth-order valence-corrected chi connectivity index (χ4v) is 2.15. The van der Waals surface area contributed by atoms with Gasteiger partial charge >= 0.3 is 5.97 Å². The number of aromatic nitrogens is 1. The quantitative estimate of drug-likeness (QED) is 0.806. The SMILES string of the molecule is CCOC(=O)c1coc(N2CCCCC2C(N)=O)n1. The molecule has 2 rings (SSSR count). The molecule has 2 N–H and O–H groups in total. The predicted molar refractivity (Wildman–Crippen MR) is 66.6 cm³/mol. The summed E-state index contributed by atoms with van der Waals surface area (Å²) in [5.41, 5.74) is 5.47. The summed E-state index contributed by atoms with van der Waals surface area (Å²) in [5, 5.41) is 0. The van der Waals surface area contributed by atoms with Crippen LogP contribution in [0.2, 0.25) is 0 Å². The lowest BCUT2D eigenvalue weighted by molar-refractivity contribution is -0.119. The molecule has 7 nitrogen and oxygen atoms in total. The van der Waals surface area contributed by atoms with Gasteiger partial charge in [0.1, 0.15) is 12.3 Å². The second-order valence-corrected chi connectivity index (χ2v) is 4.34. The van der Waals surface area contributed by atoms with Crippen molar-refractivity contribution in [3.05, 3.63) is 12.0 Å². The Kier molecular flexibility index (Phi) is 4.03. The number of nitrogens with two attached hydrogens (primary N) is 1. The number of carbonyl (C=O) groups is 2. The third kappa shape index (κ3) is 2.86. The number of carbonyl (C=O) groups excluding carboxylic acids is 2. The fourth-order valence-electron chi connectivity index (χ4n) is 2.15. The summed E-state index contributed by atoms with van der Waals surface area (Å²) < 4.78 is 10.1. The highest BCUT2D eigenvalue weighted by atomic mass is 16.5. The van der Waals surface area contributed by atoms with Crippen molar-refractivity contribution in [3.8, 4) is 0 Å². The maximum atomic E-state index is 11.5. The fraction of sp³-hybridized carbons (Fsp3) is 0.583. The van der Waals surface area contributed by atoms with Crippen molar-refractivity contribution in [1.29, 1.82) is 0 Å². The smallest absolute Gasteiger partial charge is 0.360 e.